The molecular formula is C20H25NO. The van der Waals surface area contributed by atoms with Gasteiger partial charge in [0.05, 0.1) is 5.60 Å². The Balaban J connectivity index is 2.12. The molecule has 2 aromatic carbocycles. The van der Waals surface area contributed by atoms with Gasteiger partial charge in [-0.3, -0.25) is 0 Å². The highest BCUT2D eigenvalue weighted by Gasteiger charge is 2.49. The Labute approximate surface area is 133 Å². The van der Waals surface area contributed by atoms with Gasteiger partial charge in [-0.05, 0) is 57.0 Å². The first-order chi connectivity index (χ1) is 10.6. The van der Waals surface area contributed by atoms with Crippen LogP contribution in [0, 0.1) is 0 Å². The van der Waals surface area contributed by atoms with Crippen LogP contribution in [-0.4, -0.2) is 13.6 Å². The number of rotatable bonds is 5. The van der Waals surface area contributed by atoms with E-state index in [1.54, 1.807) is 0 Å². The third-order valence-electron chi connectivity index (χ3n) is 4.64. The van der Waals surface area contributed by atoms with Crippen LogP contribution in [0.15, 0.2) is 54.6 Å². The maximum absolute atomic E-state index is 6.71. The SMILES string of the molecule is CNCCC[C@@]1(c2ccccc2)OC(C)(C)c2ccccc21. The van der Waals surface area contributed by atoms with Crippen LogP contribution in [-0.2, 0) is 15.9 Å². The molecule has 116 valence electrons. The highest BCUT2D eigenvalue weighted by atomic mass is 16.5. The minimum atomic E-state index is -0.335. The zero-order chi connectivity index (χ0) is 15.6. The lowest BCUT2D eigenvalue weighted by Crippen LogP contribution is -2.31. The lowest BCUT2D eigenvalue weighted by Gasteiger charge is -2.33. The summed E-state index contributed by atoms with van der Waals surface area (Å²) in [5, 5.41) is 3.25. The number of ether oxygens (including phenoxy) is 1. The predicted octanol–water partition coefficient (Wildman–Crippen LogP) is 4.20. The van der Waals surface area contributed by atoms with Crippen molar-refractivity contribution in [2.75, 3.05) is 13.6 Å². The molecule has 0 bridgehead atoms. The average molecular weight is 295 g/mol. The molecule has 0 unspecified atom stereocenters. The predicted molar refractivity (Wildman–Crippen MR) is 90.9 cm³/mol. The Morgan fingerprint density at radius 1 is 0.909 bits per heavy atom. The van der Waals surface area contributed by atoms with Gasteiger partial charge in [-0.2, -0.15) is 0 Å². The highest BCUT2D eigenvalue weighted by Crippen LogP contribution is 2.52. The smallest absolute Gasteiger partial charge is 0.120 e. The maximum Gasteiger partial charge on any atom is 0.120 e. The Hall–Kier alpha value is -1.64. The van der Waals surface area contributed by atoms with E-state index in [0.717, 1.165) is 19.4 Å². The number of hydrogen-bond acceptors (Lipinski definition) is 2. The molecule has 0 aliphatic carbocycles. The van der Waals surface area contributed by atoms with Gasteiger partial charge < -0.3 is 10.1 Å². The zero-order valence-electron chi connectivity index (χ0n) is 13.7. The summed E-state index contributed by atoms with van der Waals surface area (Å²) in [4.78, 5) is 0. The van der Waals surface area contributed by atoms with Crippen molar-refractivity contribution in [2.24, 2.45) is 0 Å². The highest BCUT2D eigenvalue weighted by molar-refractivity contribution is 5.47. The Kier molecular flexibility index (Phi) is 4.07. The molecule has 0 spiro atoms. The largest absolute Gasteiger partial charge is 0.355 e. The second-order valence-corrected chi connectivity index (χ2v) is 6.56. The Bertz CT molecular complexity index is 635. The van der Waals surface area contributed by atoms with E-state index >= 15 is 0 Å². The van der Waals surface area contributed by atoms with Gasteiger partial charge in [0.15, 0.2) is 0 Å². The van der Waals surface area contributed by atoms with E-state index in [9.17, 15) is 0 Å². The minimum Gasteiger partial charge on any atom is -0.355 e. The van der Waals surface area contributed by atoms with Gasteiger partial charge in [0.1, 0.15) is 5.60 Å². The molecule has 3 rings (SSSR count). The van der Waals surface area contributed by atoms with Crippen LogP contribution in [0.1, 0.15) is 43.4 Å². The fraction of sp³-hybridized carbons (Fsp3) is 0.400. The van der Waals surface area contributed by atoms with Crippen LogP contribution in [0.4, 0.5) is 0 Å². The molecule has 0 saturated heterocycles. The minimum absolute atomic E-state index is 0.258. The summed E-state index contributed by atoms with van der Waals surface area (Å²) >= 11 is 0. The second-order valence-electron chi connectivity index (χ2n) is 6.56. The van der Waals surface area contributed by atoms with Gasteiger partial charge >= 0.3 is 0 Å². The van der Waals surface area contributed by atoms with Crippen LogP contribution >= 0.6 is 0 Å². The van der Waals surface area contributed by atoms with E-state index in [1.165, 1.54) is 16.7 Å². The molecule has 1 heterocycles. The van der Waals surface area contributed by atoms with Crippen molar-refractivity contribution < 1.29 is 4.74 Å². The molecule has 2 aromatic rings. The lowest BCUT2D eigenvalue weighted by molar-refractivity contribution is -0.107. The molecule has 2 nitrogen and oxygen atoms in total. The Morgan fingerprint density at radius 3 is 2.23 bits per heavy atom. The summed E-state index contributed by atoms with van der Waals surface area (Å²) in [5.41, 5.74) is 3.29. The van der Waals surface area contributed by atoms with Crippen LogP contribution in [0.5, 0.6) is 0 Å². The third kappa shape index (κ3) is 2.47. The summed E-state index contributed by atoms with van der Waals surface area (Å²) in [7, 11) is 2.00. The summed E-state index contributed by atoms with van der Waals surface area (Å²) in [6.07, 6.45) is 2.06. The molecule has 2 heteroatoms. The number of hydrogen-bond donors (Lipinski definition) is 1. The lowest BCUT2D eigenvalue weighted by atomic mass is 9.81. The molecule has 1 aliphatic heterocycles. The molecule has 1 aliphatic rings. The van der Waals surface area contributed by atoms with Crippen molar-refractivity contribution in [1.82, 2.24) is 5.32 Å². The molecule has 0 saturated carbocycles. The van der Waals surface area contributed by atoms with E-state index in [2.05, 4.69) is 73.8 Å². The number of benzene rings is 2. The average Bonchev–Trinajstić information content (AvgIpc) is 2.78. The topological polar surface area (TPSA) is 21.3 Å². The van der Waals surface area contributed by atoms with Gasteiger partial charge in [-0.1, -0.05) is 54.6 Å². The van der Waals surface area contributed by atoms with E-state index in [1.807, 2.05) is 7.05 Å². The first-order valence-corrected chi connectivity index (χ1v) is 8.10. The molecule has 0 aromatic heterocycles. The maximum atomic E-state index is 6.71. The quantitative estimate of drug-likeness (QED) is 0.835. The first-order valence-electron chi connectivity index (χ1n) is 8.10. The molecule has 1 N–H and O–H groups in total. The Morgan fingerprint density at radius 2 is 1.55 bits per heavy atom. The van der Waals surface area contributed by atoms with Crippen molar-refractivity contribution in [1.29, 1.82) is 0 Å². The van der Waals surface area contributed by atoms with Gasteiger partial charge in [0.25, 0.3) is 0 Å². The standard InChI is InChI=1S/C20H25NO/c1-19(2)17-12-7-8-13-18(17)20(22-19,14-9-15-21-3)16-10-5-4-6-11-16/h4-8,10-13,21H,9,14-15H2,1-3H3/t20-/m0/s1. The van der Waals surface area contributed by atoms with Gasteiger partial charge in [0.2, 0.25) is 0 Å². The fourth-order valence-electron chi connectivity index (χ4n) is 3.67. The monoisotopic (exact) mass is 295 g/mol. The molecular weight excluding hydrogens is 270 g/mol. The first kappa shape index (κ1) is 15.3. The van der Waals surface area contributed by atoms with Crippen LogP contribution in [0.3, 0.4) is 0 Å². The van der Waals surface area contributed by atoms with Crippen molar-refractivity contribution in [3.05, 3.63) is 71.3 Å². The molecule has 0 fully saturated rings. The summed E-state index contributed by atoms with van der Waals surface area (Å²) in [5.74, 6) is 0. The summed E-state index contributed by atoms with van der Waals surface area (Å²) in [6, 6.07) is 19.3. The van der Waals surface area contributed by atoms with Gasteiger partial charge in [-0.15, -0.1) is 0 Å². The molecule has 0 radical (unpaired) electrons. The van der Waals surface area contributed by atoms with Gasteiger partial charge in [-0.25, -0.2) is 0 Å². The normalized spacial score (nSPS) is 22.5. The van der Waals surface area contributed by atoms with Crippen molar-refractivity contribution in [3.63, 3.8) is 0 Å². The van der Waals surface area contributed by atoms with Crippen LogP contribution < -0.4 is 5.32 Å². The van der Waals surface area contributed by atoms with Crippen molar-refractivity contribution in [2.45, 2.75) is 37.9 Å². The molecule has 22 heavy (non-hydrogen) atoms. The molecule has 1 atom stereocenters. The van der Waals surface area contributed by atoms with E-state index < -0.39 is 0 Å². The van der Waals surface area contributed by atoms with Crippen LogP contribution in [0.25, 0.3) is 0 Å². The number of fused-ring (bicyclic) bond motifs is 1. The summed E-state index contributed by atoms with van der Waals surface area (Å²) in [6.45, 7) is 5.35. The van der Waals surface area contributed by atoms with Crippen LogP contribution in [0.2, 0.25) is 0 Å². The van der Waals surface area contributed by atoms with E-state index in [4.69, 9.17) is 4.74 Å². The molecule has 0 amide bonds. The number of nitrogens with one attached hydrogen (secondary N) is 1. The third-order valence-corrected chi connectivity index (χ3v) is 4.64. The zero-order valence-corrected chi connectivity index (χ0v) is 13.7. The second kappa shape index (κ2) is 5.86. The van der Waals surface area contributed by atoms with E-state index in [-0.39, 0.29) is 11.2 Å². The van der Waals surface area contributed by atoms with Crippen molar-refractivity contribution in [3.8, 4) is 0 Å². The van der Waals surface area contributed by atoms with Gasteiger partial charge in [0, 0.05) is 0 Å². The summed E-state index contributed by atoms with van der Waals surface area (Å²) < 4.78 is 6.71. The fourth-order valence-corrected chi connectivity index (χ4v) is 3.67. The van der Waals surface area contributed by atoms with Crippen molar-refractivity contribution >= 4 is 0 Å². The van der Waals surface area contributed by atoms with E-state index in [0.29, 0.717) is 0 Å².